The van der Waals surface area contributed by atoms with Crippen molar-refractivity contribution in [1.29, 1.82) is 0 Å². The third-order valence-corrected chi connectivity index (χ3v) is 5.31. The van der Waals surface area contributed by atoms with Crippen molar-refractivity contribution in [2.45, 2.75) is 6.92 Å². The van der Waals surface area contributed by atoms with E-state index in [2.05, 4.69) is 27.5 Å². The minimum Gasteiger partial charge on any atom is -0.493 e. The summed E-state index contributed by atoms with van der Waals surface area (Å²) in [5.74, 6) is 1.17. The molecule has 1 N–H and O–H groups in total. The fraction of sp³-hybridized carbons (Fsp3) is 0.136. The van der Waals surface area contributed by atoms with Crippen LogP contribution < -0.4 is 14.8 Å². The molecule has 0 bridgehead atoms. The van der Waals surface area contributed by atoms with Gasteiger partial charge < -0.3 is 9.47 Å². The Kier molecular flexibility index (Phi) is 5.49. The molecule has 4 aromatic rings. The van der Waals surface area contributed by atoms with Crippen LogP contribution in [0.3, 0.4) is 0 Å². The van der Waals surface area contributed by atoms with Crippen LogP contribution in [0.4, 0.5) is 5.95 Å². The van der Waals surface area contributed by atoms with Gasteiger partial charge in [-0.25, -0.2) is 4.52 Å². The monoisotopic (exact) mass is 420 g/mol. The molecule has 0 aliphatic heterocycles. The normalized spacial score (nSPS) is 11.2. The molecule has 2 heterocycles. The summed E-state index contributed by atoms with van der Waals surface area (Å²) in [6.07, 6.45) is 3.12. The van der Waals surface area contributed by atoms with Gasteiger partial charge >= 0.3 is 0 Å². The molecule has 4 rings (SSSR count). The highest BCUT2D eigenvalue weighted by atomic mass is 32.1. The van der Waals surface area contributed by atoms with Crippen molar-refractivity contribution in [3.63, 3.8) is 0 Å². The van der Waals surface area contributed by atoms with E-state index in [1.54, 1.807) is 36.9 Å². The van der Waals surface area contributed by atoms with E-state index in [1.165, 1.54) is 23.0 Å². The summed E-state index contributed by atoms with van der Waals surface area (Å²) >= 11 is 1.47. The first-order chi connectivity index (χ1) is 14.6. The van der Waals surface area contributed by atoms with Crippen LogP contribution in [-0.2, 0) is 4.79 Å². The summed E-state index contributed by atoms with van der Waals surface area (Å²) in [5.41, 5.74) is 3.98. The zero-order chi connectivity index (χ0) is 21.1. The number of aromatic nitrogens is 3. The number of rotatable bonds is 6. The average Bonchev–Trinajstić information content (AvgIpc) is 3.33. The van der Waals surface area contributed by atoms with Crippen molar-refractivity contribution >= 4 is 34.2 Å². The van der Waals surface area contributed by atoms with Crippen molar-refractivity contribution in [3.05, 3.63) is 65.0 Å². The van der Waals surface area contributed by atoms with Gasteiger partial charge in [-0.05, 0) is 30.7 Å². The first kappa shape index (κ1) is 19.7. The maximum Gasteiger partial charge on any atom is 0.250 e. The largest absolute Gasteiger partial charge is 0.493 e. The molecular weight excluding hydrogens is 400 g/mol. The zero-order valence-corrected chi connectivity index (χ0v) is 17.6. The highest BCUT2D eigenvalue weighted by Gasteiger charge is 2.12. The van der Waals surface area contributed by atoms with Crippen LogP contribution in [0, 0.1) is 6.92 Å². The Labute approximate surface area is 177 Å². The fourth-order valence-corrected chi connectivity index (χ4v) is 3.77. The molecule has 0 unspecified atom stereocenters. The van der Waals surface area contributed by atoms with Gasteiger partial charge in [0.05, 0.1) is 19.9 Å². The van der Waals surface area contributed by atoms with Crippen LogP contribution in [-0.4, -0.2) is 34.7 Å². The van der Waals surface area contributed by atoms with Crippen LogP contribution in [0.1, 0.15) is 11.1 Å². The van der Waals surface area contributed by atoms with Crippen LogP contribution in [0.2, 0.25) is 0 Å². The molecule has 7 nitrogen and oxygen atoms in total. The molecule has 0 fully saturated rings. The summed E-state index contributed by atoms with van der Waals surface area (Å²) in [6, 6.07) is 13.6. The summed E-state index contributed by atoms with van der Waals surface area (Å²) in [6.45, 7) is 2.05. The molecule has 30 heavy (non-hydrogen) atoms. The van der Waals surface area contributed by atoms with Crippen molar-refractivity contribution in [1.82, 2.24) is 14.6 Å². The van der Waals surface area contributed by atoms with Crippen LogP contribution >= 0.6 is 11.3 Å². The number of hydrogen-bond donors (Lipinski definition) is 1. The number of hydrogen-bond acceptors (Lipinski definition) is 6. The summed E-state index contributed by atoms with van der Waals surface area (Å²) < 4.78 is 12.2. The average molecular weight is 420 g/mol. The van der Waals surface area contributed by atoms with Gasteiger partial charge in [0.25, 0.3) is 11.9 Å². The number of methoxy groups -OCH3 is 2. The summed E-state index contributed by atoms with van der Waals surface area (Å²) in [7, 11) is 3.15. The van der Waals surface area contributed by atoms with Gasteiger partial charge in [0.1, 0.15) is 0 Å². The highest BCUT2D eigenvalue weighted by Crippen LogP contribution is 2.28. The van der Waals surface area contributed by atoms with Gasteiger partial charge in [0, 0.05) is 17.0 Å². The number of aryl methyl sites for hydroxylation is 1. The molecule has 0 aliphatic carbocycles. The molecule has 8 heteroatoms. The number of anilines is 1. The zero-order valence-electron chi connectivity index (χ0n) is 16.7. The molecule has 2 aromatic carbocycles. The molecule has 0 saturated carbocycles. The quantitative estimate of drug-likeness (QED) is 0.467. The van der Waals surface area contributed by atoms with E-state index in [4.69, 9.17) is 9.47 Å². The minimum atomic E-state index is -0.320. The van der Waals surface area contributed by atoms with Gasteiger partial charge in [-0.1, -0.05) is 35.9 Å². The van der Waals surface area contributed by atoms with Crippen LogP contribution in [0.15, 0.2) is 53.9 Å². The van der Waals surface area contributed by atoms with E-state index in [9.17, 15) is 4.79 Å². The molecule has 0 saturated heterocycles. The number of amides is 1. The lowest BCUT2D eigenvalue weighted by Crippen LogP contribution is -2.09. The van der Waals surface area contributed by atoms with E-state index >= 15 is 0 Å². The molecule has 152 valence electrons. The van der Waals surface area contributed by atoms with Crippen LogP contribution in [0.25, 0.3) is 22.3 Å². The SMILES string of the molecule is COc1ccc(/C=C/C(=O)Nc2nc3scc(-c4ccc(C)cc4)n3n2)cc1OC. The number of carbonyl (C=O) groups excluding carboxylic acids is 1. The number of ether oxygens (including phenoxy) is 2. The van der Waals surface area contributed by atoms with Crippen LogP contribution in [0.5, 0.6) is 11.5 Å². The van der Waals surface area contributed by atoms with E-state index in [0.29, 0.717) is 16.5 Å². The number of fused-ring (bicyclic) bond motifs is 1. The first-order valence-corrected chi connectivity index (χ1v) is 10.1. The van der Waals surface area contributed by atoms with Gasteiger partial charge in [-0.15, -0.1) is 16.4 Å². The second-order valence-electron chi connectivity index (χ2n) is 6.55. The number of nitrogens with zero attached hydrogens (tertiary/aromatic N) is 3. The maximum absolute atomic E-state index is 12.3. The fourth-order valence-electron chi connectivity index (χ4n) is 2.94. The predicted octanol–water partition coefficient (Wildman–Crippen LogP) is 4.44. The van der Waals surface area contributed by atoms with Crippen molar-refractivity contribution in [3.8, 4) is 22.8 Å². The number of carbonyl (C=O) groups is 1. The van der Waals surface area contributed by atoms with E-state index in [0.717, 1.165) is 16.8 Å². The Balaban J connectivity index is 1.49. The van der Waals surface area contributed by atoms with E-state index < -0.39 is 0 Å². The molecule has 0 atom stereocenters. The van der Waals surface area contributed by atoms with Crippen molar-refractivity contribution in [2.75, 3.05) is 19.5 Å². The van der Waals surface area contributed by atoms with E-state index in [-0.39, 0.29) is 11.9 Å². The Morgan fingerprint density at radius 2 is 1.87 bits per heavy atom. The third-order valence-electron chi connectivity index (χ3n) is 4.50. The van der Waals surface area contributed by atoms with E-state index in [1.807, 2.05) is 30.5 Å². The summed E-state index contributed by atoms with van der Waals surface area (Å²) in [4.78, 5) is 17.4. The minimum absolute atomic E-state index is 0.261. The molecule has 1 amide bonds. The van der Waals surface area contributed by atoms with Gasteiger partial charge in [0.15, 0.2) is 11.5 Å². The lowest BCUT2D eigenvalue weighted by atomic mass is 10.1. The Hall–Kier alpha value is -3.65. The Morgan fingerprint density at radius 3 is 2.60 bits per heavy atom. The number of thiazole rings is 1. The Bertz CT molecular complexity index is 1230. The van der Waals surface area contributed by atoms with Crippen molar-refractivity contribution in [2.24, 2.45) is 0 Å². The number of benzene rings is 2. The van der Waals surface area contributed by atoms with Crippen molar-refractivity contribution < 1.29 is 14.3 Å². The molecule has 0 aliphatic rings. The Morgan fingerprint density at radius 1 is 1.10 bits per heavy atom. The second-order valence-corrected chi connectivity index (χ2v) is 7.39. The molecule has 2 aromatic heterocycles. The molecule has 0 spiro atoms. The summed E-state index contributed by atoms with van der Waals surface area (Å²) in [5, 5.41) is 9.14. The highest BCUT2D eigenvalue weighted by molar-refractivity contribution is 7.15. The smallest absolute Gasteiger partial charge is 0.250 e. The van der Waals surface area contributed by atoms with Gasteiger partial charge in [-0.3, -0.25) is 10.1 Å². The maximum atomic E-state index is 12.3. The molecule has 0 radical (unpaired) electrons. The topological polar surface area (TPSA) is 77.8 Å². The standard InChI is InChI=1S/C22H20N4O3S/c1-14-4-8-16(9-5-14)17-13-30-22-24-21(25-26(17)22)23-20(27)11-7-15-6-10-18(28-2)19(12-15)29-3/h4-13H,1-3H3,(H,23,25,27)/b11-7+. The lowest BCUT2D eigenvalue weighted by Gasteiger charge is -2.07. The number of nitrogens with one attached hydrogen (secondary N) is 1. The lowest BCUT2D eigenvalue weighted by molar-refractivity contribution is -0.111. The predicted molar refractivity (Wildman–Crippen MR) is 118 cm³/mol. The van der Waals surface area contributed by atoms with Gasteiger partial charge in [-0.2, -0.15) is 4.98 Å². The second kappa shape index (κ2) is 8.38. The first-order valence-electron chi connectivity index (χ1n) is 9.20. The third kappa shape index (κ3) is 4.04. The molecular formula is C22H20N4O3S. The van der Waals surface area contributed by atoms with Gasteiger partial charge in [0.2, 0.25) is 4.96 Å².